The smallest absolute Gasteiger partial charge is 0.338 e. The number of esters is 1. The van der Waals surface area contributed by atoms with E-state index < -0.39 is 26.9 Å². The van der Waals surface area contributed by atoms with Crippen molar-refractivity contribution >= 4 is 21.9 Å². The van der Waals surface area contributed by atoms with E-state index in [1.54, 1.807) is 24.3 Å². The van der Waals surface area contributed by atoms with E-state index in [-0.39, 0.29) is 17.3 Å². The third-order valence-corrected chi connectivity index (χ3v) is 7.92. The third-order valence-electron chi connectivity index (χ3n) is 6.63. The summed E-state index contributed by atoms with van der Waals surface area (Å²) < 4.78 is 30.9. The van der Waals surface area contributed by atoms with Crippen molar-refractivity contribution in [3.63, 3.8) is 0 Å². The summed E-state index contributed by atoms with van der Waals surface area (Å²) in [6.07, 6.45) is 2.10. The number of nitrogens with zero attached hydrogens (tertiary/aromatic N) is 1. The van der Waals surface area contributed by atoms with Crippen molar-refractivity contribution in [2.45, 2.75) is 89.7 Å². The molecule has 0 N–H and O–H groups in total. The Morgan fingerprint density at radius 2 is 1.50 bits per heavy atom. The Balaban J connectivity index is 1.62. The number of benzene rings is 2. The van der Waals surface area contributed by atoms with E-state index in [0.717, 1.165) is 16.2 Å². The molecule has 36 heavy (non-hydrogen) atoms. The monoisotopic (exact) mass is 512 g/mol. The van der Waals surface area contributed by atoms with Crippen LogP contribution in [0.25, 0.3) is 6.08 Å². The van der Waals surface area contributed by atoms with Crippen LogP contribution in [0.3, 0.4) is 0 Å². The van der Waals surface area contributed by atoms with Crippen molar-refractivity contribution in [1.29, 1.82) is 0 Å². The maximum atomic E-state index is 12.7. The van der Waals surface area contributed by atoms with Gasteiger partial charge in [-0.3, -0.25) is 0 Å². The number of carbonyl (C=O) groups excluding carboxylic acids is 1. The summed E-state index contributed by atoms with van der Waals surface area (Å²) in [5, 5.41) is 14.8. The molecule has 1 heterocycles. The fourth-order valence-corrected chi connectivity index (χ4v) is 5.89. The molecule has 7 heteroatoms. The minimum Gasteiger partial charge on any atom is -0.459 e. The van der Waals surface area contributed by atoms with Gasteiger partial charge in [0.25, 0.3) is 0 Å². The predicted molar refractivity (Wildman–Crippen MR) is 142 cm³/mol. The van der Waals surface area contributed by atoms with Crippen LogP contribution in [-0.2, 0) is 30.9 Å². The van der Waals surface area contributed by atoms with Gasteiger partial charge in [0, 0.05) is 29.3 Å². The molecule has 0 aliphatic carbocycles. The van der Waals surface area contributed by atoms with E-state index in [9.17, 15) is 18.4 Å². The number of hydrogen-bond donors (Lipinski definition) is 0. The second-order valence-electron chi connectivity index (χ2n) is 12.0. The summed E-state index contributed by atoms with van der Waals surface area (Å²) in [6.45, 7) is 13.8. The molecule has 1 aliphatic heterocycles. The highest BCUT2D eigenvalue weighted by atomic mass is 32.2. The van der Waals surface area contributed by atoms with Crippen LogP contribution in [0.1, 0.15) is 88.4 Å². The van der Waals surface area contributed by atoms with Gasteiger partial charge in [-0.2, -0.15) is 0 Å². The van der Waals surface area contributed by atoms with Crippen molar-refractivity contribution in [2.75, 3.05) is 0 Å². The zero-order chi connectivity index (χ0) is 26.9. The lowest BCUT2D eigenvalue weighted by Gasteiger charge is -2.49. The number of carbonyl (C=O) groups is 1. The molecule has 0 bridgehead atoms. The van der Waals surface area contributed by atoms with Gasteiger partial charge in [0.1, 0.15) is 6.10 Å². The van der Waals surface area contributed by atoms with Crippen LogP contribution < -0.4 is 0 Å². The van der Waals surface area contributed by atoms with Gasteiger partial charge in [-0.05, 0) is 68.0 Å². The molecular weight excluding hydrogens is 474 g/mol. The van der Waals surface area contributed by atoms with Crippen LogP contribution in [0.2, 0.25) is 0 Å². The van der Waals surface area contributed by atoms with Gasteiger partial charge in [-0.1, -0.05) is 57.2 Å². The van der Waals surface area contributed by atoms with E-state index in [4.69, 9.17) is 4.74 Å². The number of sulfone groups is 1. The minimum absolute atomic E-state index is 0.0115. The average molecular weight is 513 g/mol. The Morgan fingerprint density at radius 1 is 0.972 bits per heavy atom. The molecule has 0 unspecified atom stereocenters. The predicted octanol–water partition coefficient (Wildman–Crippen LogP) is 6.09. The molecular formula is C29H38NO5S. The van der Waals surface area contributed by atoms with E-state index in [1.807, 2.05) is 52.0 Å². The first-order chi connectivity index (χ1) is 16.5. The highest BCUT2D eigenvalue weighted by Gasteiger charge is 2.47. The summed E-state index contributed by atoms with van der Waals surface area (Å²) in [5.41, 5.74) is 1.70. The molecule has 2 aromatic rings. The molecule has 0 spiro atoms. The van der Waals surface area contributed by atoms with E-state index in [0.29, 0.717) is 24.0 Å². The molecule has 0 amide bonds. The Labute approximate surface area is 215 Å². The zero-order valence-electron chi connectivity index (χ0n) is 22.4. The van der Waals surface area contributed by atoms with Crippen LogP contribution in [0.4, 0.5) is 0 Å². The molecule has 195 valence electrons. The lowest BCUT2D eigenvalue weighted by Crippen LogP contribution is -2.60. The molecule has 0 saturated carbocycles. The maximum absolute atomic E-state index is 12.7. The van der Waals surface area contributed by atoms with Gasteiger partial charge in [0.05, 0.1) is 11.3 Å². The molecule has 3 rings (SSSR count). The summed E-state index contributed by atoms with van der Waals surface area (Å²) in [6, 6.07) is 14.3. The fourth-order valence-electron chi connectivity index (χ4n) is 4.77. The van der Waals surface area contributed by atoms with Crippen LogP contribution >= 0.6 is 0 Å². The lowest BCUT2D eigenvalue weighted by atomic mass is 9.80. The lowest BCUT2D eigenvalue weighted by molar-refractivity contribution is -0.298. The molecule has 1 aliphatic rings. The van der Waals surface area contributed by atoms with Crippen LogP contribution in [0.15, 0.2) is 53.9 Å². The van der Waals surface area contributed by atoms with Gasteiger partial charge in [0.15, 0.2) is 9.84 Å². The second kappa shape index (κ2) is 10.1. The van der Waals surface area contributed by atoms with Gasteiger partial charge >= 0.3 is 5.97 Å². The van der Waals surface area contributed by atoms with Crippen molar-refractivity contribution in [2.24, 2.45) is 0 Å². The number of hydrogen-bond acceptors (Lipinski definition) is 5. The molecule has 0 aromatic heterocycles. The average Bonchev–Trinajstić information content (AvgIpc) is 2.75. The molecule has 1 fully saturated rings. The van der Waals surface area contributed by atoms with Crippen molar-refractivity contribution < 1.29 is 23.2 Å². The zero-order valence-corrected chi connectivity index (χ0v) is 23.2. The van der Waals surface area contributed by atoms with Crippen molar-refractivity contribution in [1.82, 2.24) is 5.06 Å². The number of piperidine rings is 1. The van der Waals surface area contributed by atoms with E-state index in [1.165, 1.54) is 11.5 Å². The standard InChI is InChI=1S/C29H38NO5S/c1-27(2,3)24-14-10-22(11-15-24)20-36(33,34)17-16-21-8-12-23(13-9-21)26(31)35-25-18-28(4,5)30(32)29(6,7)19-25/h8-17,25H,18-20H2,1-7H3/b17-16+. The summed E-state index contributed by atoms with van der Waals surface area (Å²) in [7, 11) is -3.46. The quantitative estimate of drug-likeness (QED) is 0.437. The van der Waals surface area contributed by atoms with Crippen LogP contribution in [0.5, 0.6) is 0 Å². The number of hydroxylamine groups is 2. The summed E-state index contributed by atoms with van der Waals surface area (Å²) in [4.78, 5) is 12.7. The van der Waals surface area contributed by atoms with Gasteiger partial charge < -0.3 is 4.74 Å². The first-order valence-corrected chi connectivity index (χ1v) is 14.0. The minimum atomic E-state index is -3.46. The summed E-state index contributed by atoms with van der Waals surface area (Å²) >= 11 is 0. The second-order valence-corrected chi connectivity index (χ2v) is 13.9. The third kappa shape index (κ3) is 7.05. The van der Waals surface area contributed by atoms with Crippen molar-refractivity contribution in [3.8, 4) is 0 Å². The highest BCUT2D eigenvalue weighted by Crippen LogP contribution is 2.38. The largest absolute Gasteiger partial charge is 0.459 e. The van der Waals surface area contributed by atoms with Crippen molar-refractivity contribution in [3.05, 3.63) is 76.2 Å². The number of ether oxygens (including phenoxy) is 1. The van der Waals surface area contributed by atoms with Gasteiger partial charge in [-0.15, -0.1) is 10.3 Å². The molecule has 6 nitrogen and oxygen atoms in total. The van der Waals surface area contributed by atoms with Gasteiger partial charge in [0.2, 0.25) is 0 Å². The van der Waals surface area contributed by atoms with Gasteiger partial charge in [-0.25, -0.2) is 13.2 Å². The Bertz CT molecular complexity index is 1190. The van der Waals surface area contributed by atoms with E-state index in [2.05, 4.69) is 20.8 Å². The topological polar surface area (TPSA) is 83.6 Å². The van der Waals surface area contributed by atoms with Crippen LogP contribution in [0, 0.1) is 0 Å². The first-order valence-electron chi connectivity index (χ1n) is 12.3. The molecule has 2 aromatic carbocycles. The SMILES string of the molecule is CC(C)(C)c1ccc(CS(=O)(=O)/C=C/c2ccc(C(=O)OC3CC(C)(C)N([O])C(C)(C)C3)cc2)cc1. The van der Waals surface area contributed by atoms with Crippen LogP contribution in [-0.4, -0.2) is 36.6 Å². The molecule has 1 radical (unpaired) electrons. The number of rotatable bonds is 6. The maximum Gasteiger partial charge on any atom is 0.338 e. The summed E-state index contributed by atoms with van der Waals surface area (Å²) in [5.74, 6) is -0.527. The highest BCUT2D eigenvalue weighted by molar-refractivity contribution is 7.93. The fraction of sp³-hybridized carbons (Fsp3) is 0.483. The molecule has 0 atom stereocenters. The normalized spacial score (nSPS) is 18.9. The van der Waals surface area contributed by atoms with E-state index >= 15 is 0 Å². The Kier molecular flexibility index (Phi) is 7.89. The Hall–Kier alpha value is -2.48. The Morgan fingerprint density at radius 3 is 2.00 bits per heavy atom. The first kappa shape index (κ1) is 28.1. The molecule has 1 saturated heterocycles.